The number of ketones is 2. The van der Waals surface area contributed by atoms with Crippen LogP contribution in [0.1, 0.15) is 29.5 Å². The molecule has 7 heteroatoms. The van der Waals surface area contributed by atoms with E-state index in [0.717, 1.165) is 33.4 Å². The first kappa shape index (κ1) is 21.6. The summed E-state index contributed by atoms with van der Waals surface area (Å²) >= 11 is 0. The summed E-state index contributed by atoms with van der Waals surface area (Å²) in [5.41, 5.74) is 6.04. The molecule has 2 fully saturated rings. The fourth-order valence-electron chi connectivity index (χ4n) is 5.75. The second-order valence-corrected chi connectivity index (χ2v) is 11.6. The van der Waals surface area contributed by atoms with Gasteiger partial charge in [0.2, 0.25) is 10.0 Å². The maximum Gasteiger partial charge on any atom is 0.243 e. The number of hydrogen-bond acceptors (Lipinski definition) is 5. The lowest BCUT2D eigenvalue weighted by Gasteiger charge is -2.17. The highest BCUT2D eigenvalue weighted by atomic mass is 32.2. The molecule has 0 N–H and O–H groups in total. The SMILES string of the molecule is Cc1ccc(S(=O)(=O)N2CC3=C(c4ccc(C5=C6COC[C@@H]6CC5=O)cc4)C(=O)C[C@H]3C2)cc1. The Balaban J connectivity index is 1.31. The fourth-order valence-corrected chi connectivity index (χ4v) is 7.21. The van der Waals surface area contributed by atoms with E-state index in [4.69, 9.17) is 4.74 Å². The van der Waals surface area contributed by atoms with E-state index in [1.165, 1.54) is 4.31 Å². The molecule has 2 heterocycles. The monoisotopic (exact) mass is 475 g/mol. The van der Waals surface area contributed by atoms with Gasteiger partial charge in [-0.3, -0.25) is 9.59 Å². The first-order chi connectivity index (χ1) is 16.3. The molecule has 2 aliphatic carbocycles. The highest BCUT2D eigenvalue weighted by molar-refractivity contribution is 7.89. The van der Waals surface area contributed by atoms with Crippen LogP contribution in [-0.4, -0.2) is 50.6 Å². The summed E-state index contributed by atoms with van der Waals surface area (Å²) in [6.45, 7) is 3.59. The third-order valence-corrected chi connectivity index (χ3v) is 9.34. The molecule has 2 saturated heterocycles. The zero-order valence-corrected chi connectivity index (χ0v) is 19.7. The van der Waals surface area contributed by atoms with E-state index in [-0.39, 0.29) is 34.8 Å². The molecule has 2 aromatic carbocycles. The van der Waals surface area contributed by atoms with E-state index in [9.17, 15) is 18.0 Å². The molecule has 2 atom stereocenters. The maximum absolute atomic E-state index is 13.2. The highest BCUT2D eigenvalue weighted by Gasteiger charge is 2.43. The molecule has 0 amide bonds. The van der Waals surface area contributed by atoms with E-state index in [2.05, 4.69) is 0 Å². The number of sulfonamides is 1. The Hall–Kier alpha value is -2.87. The molecule has 34 heavy (non-hydrogen) atoms. The van der Waals surface area contributed by atoms with Crippen LogP contribution in [0, 0.1) is 18.8 Å². The second kappa shape index (κ2) is 7.83. The molecule has 0 unspecified atom stereocenters. The molecule has 6 nitrogen and oxygen atoms in total. The van der Waals surface area contributed by atoms with E-state index in [1.54, 1.807) is 24.3 Å². The van der Waals surface area contributed by atoms with Gasteiger partial charge in [0.25, 0.3) is 0 Å². The molecule has 6 rings (SSSR count). The molecule has 0 spiro atoms. The van der Waals surface area contributed by atoms with Crippen molar-refractivity contribution in [2.24, 2.45) is 11.8 Å². The van der Waals surface area contributed by atoms with Crippen LogP contribution in [0.25, 0.3) is 11.1 Å². The number of fused-ring (bicyclic) bond motifs is 2. The van der Waals surface area contributed by atoms with Crippen molar-refractivity contribution in [3.63, 3.8) is 0 Å². The summed E-state index contributed by atoms with van der Waals surface area (Å²) in [7, 11) is -3.62. The van der Waals surface area contributed by atoms with Gasteiger partial charge in [0.1, 0.15) is 0 Å². The number of nitrogens with zero attached hydrogens (tertiary/aromatic N) is 1. The predicted molar refractivity (Wildman–Crippen MR) is 127 cm³/mol. The number of allylic oxidation sites excluding steroid dienone is 2. The maximum atomic E-state index is 13.2. The minimum absolute atomic E-state index is 0.0587. The highest BCUT2D eigenvalue weighted by Crippen LogP contribution is 2.43. The summed E-state index contributed by atoms with van der Waals surface area (Å²) in [6.07, 6.45) is 0.840. The average Bonchev–Trinajstić information content (AvgIpc) is 3.55. The van der Waals surface area contributed by atoms with Gasteiger partial charge in [0, 0.05) is 48.9 Å². The van der Waals surface area contributed by atoms with Crippen LogP contribution in [0.4, 0.5) is 0 Å². The Labute approximate surface area is 199 Å². The van der Waals surface area contributed by atoms with Crippen molar-refractivity contribution in [1.29, 1.82) is 0 Å². The van der Waals surface area contributed by atoms with Crippen molar-refractivity contribution in [1.82, 2.24) is 4.31 Å². The van der Waals surface area contributed by atoms with E-state index >= 15 is 0 Å². The summed E-state index contributed by atoms with van der Waals surface area (Å²) in [5, 5.41) is 0. The van der Waals surface area contributed by atoms with Gasteiger partial charge in [-0.15, -0.1) is 0 Å². The predicted octanol–water partition coefficient (Wildman–Crippen LogP) is 3.41. The first-order valence-electron chi connectivity index (χ1n) is 11.6. The molecule has 2 aromatic rings. The number of benzene rings is 2. The van der Waals surface area contributed by atoms with Gasteiger partial charge in [-0.25, -0.2) is 8.42 Å². The largest absolute Gasteiger partial charge is 0.376 e. The number of carbonyl (C=O) groups is 2. The van der Waals surface area contributed by atoms with Crippen molar-refractivity contribution in [3.8, 4) is 0 Å². The lowest BCUT2D eigenvalue weighted by Crippen LogP contribution is -2.29. The van der Waals surface area contributed by atoms with Gasteiger partial charge >= 0.3 is 0 Å². The third-order valence-electron chi connectivity index (χ3n) is 7.52. The Morgan fingerprint density at radius 1 is 0.824 bits per heavy atom. The molecular formula is C27H25NO5S. The number of Topliss-reactive ketones (excluding diaryl/α,β-unsaturated/α-hetero) is 2. The topological polar surface area (TPSA) is 80.8 Å². The van der Waals surface area contributed by atoms with Gasteiger partial charge in [-0.05, 0) is 41.3 Å². The summed E-state index contributed by atoms with van der Waals surface area (Å²) in [6, 6.07) is 14.4. The third kappa shape index (κ3) is 3.34. The molecule has 0 bridgehead atoms. The van der Waals surface area contributed by atoms with Crippen molar-refractivity contribution < 1.29 is 22.7 Å². The number of rotatable bonds is 4. The lowest BCUT2D eigenvalue weighted by atomic mass is 9.95. The molecule has 4 aliphatic rings. The normalized spacial score (nSPS) is 25.0. The van der Waals surface area contributed by atoms with Crippen LogP contribution in [0.3, 0.4) is 0 Å². The minimum atomic E-state index is -3.62. The van der Waals surface area contributed by atoms with Gasteiger partial charge in [0.15, 0.2) is 11.6 Å². The smallest absolute Gasteiger partial charge is 0.243 e. The van der Waals surface area contributed by atoms with Crippen molar-refractivity contribution in [3.05, 3.63) is 76.4 Å². The van der Waals surface area contributed by atoms with Gasteiger partial charge < -0.3 is 4.74 Å². The van der Waals surface area contributed by atoms with Crippen LogP contribution < -0.4 is 0 Å². The van der Waals surface area contributed by atoms with Gasteiger partial charge in [-0.2, -0.15) is 4.31 Å². The molecule has 0 aromatic heterocycles. The fraction of sp³-hybridized carbons (Fsp3) is 0.333. The number of ether oxygens (including phenoxy) is 1. The van der Waals surface area contributed by atoms with Crippen molar-refractivity contribution >= 4 is 32.7 Å². The second-order valence-electron chi connectivity index (χ2n) is 9.65. The lowest BCUT2D eigenvalue weighted by molar-refractivity contribution is -0.114. The zero-order valence-electron chi connectivity index (χ0n) is 18.9. The molecule has 174 valence electrons. The zero-order chi connectivity index (χ0) is 23.6. The Morgan fingerprint density at radius 2 is 1.41 bits per heavy atom. The van der Waals surface area contributed by atoms with Crippen molar-refractivity contribution in [2.75, 3.05) is 26.3 Å². The summed E-state index contributed by atoms with van der Waals surface area (Å²) in [5.74, 6) is 0.329. The van der Waals surface area contributed by atoms with E-state index in [0.29, 0.717) is 38.2 Å². The van der Waals surface area contributed by atoms with Crippen LogP contribution >= 0.6 is 0 Å². The van der Waals surface area contributed by atoms with Crippen LogP contribution in [0.15, 0.2) is 64.6 Å². The van der Waals surface area contributed by atoms with E-state index < -0.39 is 10.0 Å². The standard InChI is InChI=1S/C27H25NO5S/c1-16-2-8-21(9-3-16)34(31,32)28-12-19-10-24(29)26(22(19)13-28)17-4-6-18(7-5-17)27-23-15-33-14-20(23)11-25(27)30/h2-9,19-20H,10-15H2,1H3/t19-,20-/m0/s1. The van der Waals surface area contributed by atoms with E-state index in [1.807, 2.05) is 31.2 Å². The van der Waals surface area contributed by atoms with Crippen LogP contribution in [0.5, 0.6) is 0 Å². The number of aryl methyl sites for hydroxylation is 1. The first-order valence-corrected chi connectivity index (χ1v) is 13.0. The van der Waals surface area contributed by atoms with Crippen LogP contribution in [-0.2, 0) is 24.3 Å². The quantitative estimate of drug-likeness (QED) is 0.677. The average molecular weight is 476 g/mol. The number of carbonyl (C=O) groups excluding carboxylic acids is 2. The molecule has 0 saturated carbocycles. The summed E-state index contributed by atoms with van der Waals surface area (Å²) < 4.78 is 33.4. The molecular weight excluding hydrogens is 450 g/mol. The van der Waals surface area contributed by atoms with Crippen molar-refractivity contribution in [2.45, 2.75) is 24.7 Å². The van der Waals surface area contributed by atoms with Gasteiger partial charge in [-0.1, -0.05) is 42.0 Å². The Kier molecular flexibility index (Phi) is 4.99. The molecule has 0 radical (unpaired) electrons. The Bertz CT molecular complexity index is 1380. The van der Waals surface area contributed by atoms with Crippen LogP contribution in [0.2, 0.25) is 0 Å². The van der Waals surface area contributed by atoms with Gasteiger partial charge in [0.05, 0.1) is 18.1 Å². The number of hydrogen-bond donors (Lipinski definition) is 0. The summed E-state index contributed by atoms with van der Waals surface area (Å²) in [4.78, 5) is 25.7. The Morgan fingerprint density at radius 3 is 2.06 bits per heavy atom. The molecule has 2 aliphatic heterocycles. The minimum Gasteiger partial charge on any atom is -0.376 e.